The average molecular weight is 410 g/mol. The van der Waals surface area contributed by atoms with Crippen LogP contribution in [0.15, 0.2) is 69.2 Å². The third-order valence-corrected chi connectivity index (χ3v) is 5.58. The van der Waals surface area contributed by atoms with Gasteiger partial charge in [0, 0.05) is 16.0 Å². The van der Waals surface area contributed by atoms with Gasteiger partial charge in [0.05, 0.1) is 17.1 Å². The molecule has 0 saturated heterocycles. The van der Waals surface area contributed by atoms with Gasteiger partial charge in [0.25, 0.3) is 5.91 Å². The monoisotopic (exact) mass is 409 g/mol. The van der Waals surface area contributed by atoms with E-state index in [-0.39, 0.29) is 5.91 Å². The summed E-state index contributed by atoms with van der Waals surface area (Å²) in [7, 11) is 0. The van der Waals surface area contributed by atoms with E-state index in [1.54, 1.807) is 25.1 Å². The number of rotatable bonds is 4. The van der Waals surface area contributed by atoms with Crippen molar-refractivity contribution in [2.45, 2.75) is 19.9 Å². The number of halogens is 1. The Balaban J connectivity index is 1.56. The maximum absolute atomic E-state index is 12.8. The van der Waals surface area contributed by atoms with Gasteiger partial charge in [-0.15, -0.1) is 11.3 Å². The number of carbonyl (C=O) groups excluding carboxylic acids is 1. The second-order valence-electron chi connectivity index (χ2n) is 6.27. The second-order valence-corrected chi connectivity index (χ2v) is 7.52. The van der Waals surface area contributed by atoms with Crippen LogP contribution in [0.5, 0.6) is 0 Å². The maximum Gasteiger partial charge on any atom is 0.282 e. The first-order chi connectivity index (χ1) is 13.5. The first-order valence-electron chi connectivity index (χ1n) is 8.60. The van der Waals surface area contributed by atoms with Gasteiger partial charge in [0.15, 0.2) is 6.04 Å². The smallest absolute Gasteiger partial charge is 0.269 e. The van der Waals surface area contributed by atoms with E-state index in [1.807, 2.05) is 42.6 Å². The van der Waals surface area contributed by atoms with Crippen molar-refractivity contribution in [3.63, 3.8) is 0 Å². The molecule has 1 aliphatic heterocycles. The lowest BCUT2D eigenvalue weighted by Crippen LogP contribution is -2.29. The van der Waals surface area contributed by atoms with Crippen LogP contribution in [0, 0.1) is 6.92 Å². The molecule has 0 N–H and O–H groups in total. The van der Waals surface area contributed by atoms with Crippen molar-refractivity contribution in [1.29, 1.82) is 0 Å². The zero-order chi connectivity index (χ0) is 19.7. The number of benzene rings is 2. The van der Waals surface area contributed by atoms with Gasteiger partial charge in [-0.05, 0) is 31.5 Å². The number of amides is 1. The number of thiazole rings is 1. The molecule has 0 radical (unpaired) electrons. The fourth-order valence-electron chi connectivity index (χ4n) is 2.75. The predicted octanol–water partition coefficient (Wildman–Crippen LogP) is 5.65. The lowest BCUT2D eigenvalue weighted by Gasteiger charge is -2.08. The van der Waals surface area contributed by atoms with Crippen LogP contribution in [0.1, 0.15) is 12.5 Å². The van der Waals surface area contributed by atoms with E-state index in [1.165, 1.54) is 16.3 Å². The summed E-state index contributed by atoms with van der Waals surface area (Å²) >= 11 is 7.48. The quantitative estimate of drug-likeness (QED) is 0.522. The van der Waals surface area contributed by atoms with Crippen molar-refractivity contribution < 1.29 is 4.79 Å². The third kappa shape index (κ3) is 3.46. The highest BCUT2D eigenvalue weighted by Crippen LogP contribution is 2.31. The second kappa shape index (κ2) is 7.61. The van der Waals surface area contributed by atoms with Crippen LogP contribution >= 0.6 is 22.9 Å². The summed E-state index contributed by atoms with van der Waals surface area (Å²) in [4.78, 5) is 17.4. The zero-order valence-corrected chi connectivity index (χ0v) is 16.8. The van der Waals surface area contributed by atoms with E-state index in [2.05, 4.69) is 20.3 Å². The van der Waals surface area contributed by atoms with Crippen molar-refractivity contribution in [3.8, 4) is 11.3 Å². The predicted molar refractivity (Wildman–Crippen MR) is 113 cm³/mol. The van der Waals surface area contributed by atoms with Crippen molar-refractivity contribution in [3.05, 3.63) is 64.5 Å². The molecule has 1 amide bonds. The Bertz CT molecular complexity index is 1090. The molecule has 6 nitrogen and oxygen atoms in total. The summed E-state index contributed by atoms with van der Waals surface area (Å²) in [6.45, 7) is 3.62. The normalized spacial score (nSPS) is 16.8. The molecule has 0 aliphatic carbocycles. The Labute approximate surface area is 171 Å². The van der Waals surface area contributed by atoms with Gasteiger partial charge in [0.2, 0.25) is 5.13 Å². The minimum Gasteiger partial charge on any atom is -0.269 e. The number of carbonyl (C=O) groups is 1. The van der Waals surface area contributed by atoms with E-state index in [0.29, 0.717) is 21.6 Å². The standard InChI is InChI=1S/C20H16ClN5OS/c1-12-15(21)9-6-10-16(12)23-24-18-13(2)25-26(19(18)27)20-22-17(11-28-20)14-7-4-3-5-8-14/h3-11,18H,1-2H3. The highest BCUT2D eigenvalue weighted by atomic mass is 35.5. The third-order valence-electron chi connectivity index (χ3n) is 4.36. The molecule has 1 atom stereocenters. The summed E-state index contributed by atoms with van der Waals surface area (Å²) in [5.41, 5.74) is 3.82. The van der Waals surface area contributed by atoms with E-state index >= 15 is 0 Å². The highest BCUT2D eigenvalue weighted by molar-refractivity contribution is 7.14. The van der Waals surface area contributed by atoms with E-state index in [9.17, 15) is 4.79 Å². The number of nitrogens with zero attached hydrogens (tertiary/aromatic N) is 5. The topological polar surface area (TPSA) is 70.3 Å². The van der Waals surface area contributed by atoms with Gasteiger partial charge >= 0.3 is 0 Å². The first kappa shape index (κ1) is 18.5. The molecule has 0 saturated carbocycles. The molecule has 1 aliphatic rings. The Morgan fingerprint density at radius 3 is 2.68 bits per heavy atom. The first-order valence-corrected chi connectivity index (χ1v) is 9.86. The highest BCUT2D eigenvalue weighted by Gasteiger charge is 2.36. The Hall–Kier alpha value is -2.90. The number of anilines is 1. The van der Waals surface area contributed by atoms with E-state index in [4.69, 9.17) is 11.6 Å². The fourth-order valence-corrected chi connectivity index (χ4v) is 3.71. The number of hydrazone groups is 1. The lowest BCUT2D eigenvalue weighted by atomic mass is 10.2. The molecule has 2 aromatic carbocycles. The maximum atomic E-state index is 12.8. The summed E-state index contributed by atoms with van der Waals surface area (Å²) in [5, 5.41) is 17.1. The van der Waals surface area contributed by atoms with Gasteiger partial charge in [-0.25, -0.2) is 4.98 Å². The van der Waals surface area contributed by atoms with Gasteiger partial charge in [-0.3, -0.25) is 4.79 Å². The molecule has 28 heavy (non-hydrogen) atoms. The van der Waals surface area contributed by atoms with Crippen LogP contribution < -0.4 is 5.01 Å². The average Bonchev–Trinajstić information content (AvgIpc) is 3.29. The molecule has 3 aromatic rings. The molecular formula is C20H16ClN5OS. The fraction of sp³-hybridized carbons (Fsp3) is 0.150. The molecule has 2 heterocycles. The molecule has 140 valence electrons. The van der Waals surface area contributed by atoms with Crippen LogP contribution in [0.25, 0.3) is 11.3 Å². The van der Waals surface area contributed by atoms with E-state index in [0.717, 1.165) is 16.8 Å². The van der Waals surface area contributed by atoms with Gasteiger partial charge in [0.1, 0.15) is 0 Å². The molecule has 0 spiro atoms. The van der Waals surface area contributed by atoms with Crippen LogP contribution in [-0.4, -0.2) is 22.6 Å². The molecule has 1 unspecified atom stereocenters. The van der Waals surface area contributed by atoms with Crippen LogP contribution in [0.3, 0.4) is 0 Å². The van der Waals surface area contributed by atoms with Crippen LogP contribution in [-0.2, 0) is 4.79 Å². The van der Waals surface area contributed by atoms with Crippen LogP contribution in [0.2, 0.25) is 5.02 Å². The summed E-state index contributed by atoms with van der Waals surface area (Å²) in [6.07, 6.45) is 0. The molecule has 0 fully saturated rings. The molecular weight excluding hydrogens is 394 g/mol. The lowest BCUT2D eigenvalue weighted by molar-refractivity contribution is -0.117. The van der Waals surface area contributed by atoms with Crippen molar-refractivity contribution >= 4 is 45.4 Å². The van der Waals surface area contributed by atoms with Gasteiger partial charge < -0.3 is 0 Å². The molecule has 1 aromatic heterocycles. The van der Waals surface area contributed by atoms with Crippen LogP contribution in [0.4, 0.5) is 10.8 Å². The number of hydrogen-bond donors (Lipinski definition) is 0. The van der Waals surface area contributed by atoms with Gasteiger partial charge in [-0.2, -0.15) is 20.3 Å². The summed E-state index contributed by atoms with van der Waals surface area (Å²) in [5.74, 6) is -0.269. The van der Waals surface area contributed by atoms with Gasteiger partial charge in [-0.1, -0.05) is 48.0 Å². The van der Waals surface area contributed by atoms with Crippen molar-refractivity contribution in [2.75, 3.05) is 5.01 Å². The Kier molecular flexibility index (Phi) is 5.02. The SMILES string of the molecule is CC1=NN(c2nc(-c3ccccc3)cs2)C(=O)C1N=Nc1cccc(Cl)c1C. The molecule has 4 rings (SSSR count). The minimum absolute atomic E-state index is 0.269. The number of hydrogen-bond acceptors (Lipinski definition) is 6. The largest absolute Gasteiger partial charge is 0.282 e. The summed E-state index contributed by atoms with van der Waals surface area (Å²) < 4.78 is 0. The summed E-state index contributed by atoms with van der Waals surface area (Å²) in [6, 6.07) is 14.4. The number of azo groups is 1. The number of aromatic nitrogens is 1. The Morgan fingerprint density at radius 1 is 1.11 bits per heavy atom. The Morgan fingerprint density at radius 2 is 1.89 bits per heavy atom. The van der Waals surface area contributed by atoms with Crippen molar-refractivity contribution in [2.24, 2.45) is 15.3 Å². The van der Waals surface area contributed by atoms with Crippen molar-refractivity contribution in [1.82, 2.24) is 4.98 Å². The van der Waals surface area contributed by atoms with E-state index < -0.39 is 6.04 Å². The minimum atomic E-state index is -0.762. The molecule has 8 heteroatoms. The zero-order valence-electron chi connectivity index (χ0n) is 15.2. The molecule has 0 bridgehead atoms.